The smallest absolute Gasteiger partial charge is 0.251 e. The first-order valence-electron chi connectivity index (χ1n) is 10.6. The number of phenolic OH excluding ortho intramolecular Hbond substituents is 1. The molecule has 1 heterocycles. The van der Waals surface area contributed by atoms with E-state index in [1.807, 2.05) is 0 Å². The number of nitrogens with one attached hydrogen (secondary N) is 1. The normalized spacial score (nSPS) is 20.2. The zero-order valence-electron chi connectivity index (χ0n) is 16.5. The molecule has 1 saturated heterocycles. The Hall–Kier alpha value is -2.33. The van der Waals surface area contributed by atoms with Gasteiger partial charge in [-0.05, 0) is 86.1 Å². The van der Waals surface area contributed by atoms with E-state index >= 15 is 0 Å². The van der Waals surface area contributed by atoms with Crippen molar-refractivity contribution in [1.82, 2.24) is 10.2 Å². The van der Waals surface area contributed by atoms with Crippen molar-refractivity contribution in [2.45, 2.75) is 57.5 Å². The van der Waals surface area contributed by atoms with Crippen molar-refractivity contribution < 1.29 is 9.90 Å². The standard InChI is InChI=1S/C24H30N2O2/c27-23-11-8-19(9-12-23)24(28)25-22-10-7-20-15-18(5-6-21(20)16-22)17-26-13-3-1-2-4-14-26/h5-6,8-9,11-12,15,22,27H,1-4,7,10,13-14,16-17H2,(H,25,28). The van der Waals surface area contributed by atoms with Gasteiger partial charge in [-0.2, -0.15) is 0 Å². The number of carbonyl (C=O) groups is 1. The average molecular weight is 379 g/mol. The molecule has 4 nitrogen and oxygen atoms in total. The van der Waals surface area contributed by atoms with Crippen molar-refractivity contribution in [3.63, 3.8) is 0 Å². The summed E-state index contributed by atoms with van der Waals surface area (Å²) in [4.78, 5) is 15.0. The van der Waals surface area contributed by atoms with E-state index < -0.39 is 0 Å². The van der Waals surface area contributed by atoms with Crippen LogP contribution < -0.4 is 5.32 Å². The van der Waals surface area contributed by atoms with Gasteiger partial charge in [0.2, 0.25) is 0 Å². The van der Waals surface area contributed by atoms with Crippen LogP contribution in [0.3, 0.4) is 0 Å². The monoisotopic (exact) mass is 378 g/mol. The van der Waals surface area contributed by atoms with Gasteiger partial charge >= 0.3 is 0 Å². The van der Waals surface area contributed by atoms with Gasteiger partial charge in [0.1, 0.15) is 5.75 Å². The minimum Gasteiger partial charge on any atom is -0.508 e. The Morgan fingerprint density at radius 1 is 1.00 bits per heavy atom. The number of hydrogen-bond acceptors (Lipinski definition) is 3. The first-order valence-corrected chi connectivity index (χ1v) is 10.6. The summed E-state index contributed by atoms with van der Waals surface area (Å²) in [5, 5.41) is 12.5. The number of phenols is 1. The fourth-order valence-electron chi connectivity index (χ4n) is 4.46. The second-order valence-corrected chi connectivity index (χ2v) is 8.25. The van der Waals surface area contributed by atoms with E-state index in [-0.39, 0.29) is 17.7 Å². The van der Waals surface area contributed by atoms with Crippen LogP contribution in [0.2, 0.25) is 0 Å². The summed E-state index contributed by atoms with van der Waals surface area (Å²) in [5.74, 6) is 0.116. The number of benzene rings is 2. The van der Waals surface area contributed by atoms with Gasteiger partial charge in [-0.25, -0.2) is 0 Å². The third-order valence-electron chi connectivity index (χ3n) is 6.07. The predicted octanol–water partition coefficient (Wildman–Crippen LogP) is 4.06. The molecule has 1 amide bonds. The van der Waals surface area contributed by atoms with Crippen LogP contribution in [0.1, 0.15) is 59.2 Å². The van der Waals surface area contributed by atoms with Gasteiger partial charge in [-0.3, -0.25) is 9.69 Å². The summed E-state index contributed by atoms with van der Waals surface area (Å²) < 4.78 is 0. The third kappa shape index (κ3) is 4.74. The lowest BCUT2D eigenvalue weighted by Gasteiger charge is -2.27. The fourth-order valence-corrected chi connectivity index (χ4v) is 4.46. The Morgan fingerprint density at radius 3 is 2.50 bits per heavy atom. The molecule has 2 N–H and O–H groups in total. The molecular formula is C24H30N2O2. The maximum Gasteiger partial charge on any atom is 0.251 e. The molecule has 4 rings (SSSR count). The van der Waals surface area contributed by atoms with Crippen molar-refractivity contribution in [3.8, 4) is 5.75 Å². The van der Waals surface area contributed by atoms with Crippen molar-refractivity contribution in [1.29, 1.82) is 0 Å². The van der Waals surface area contributed by atoms with Crippen LogP contribution in [0.4, 0.5) is 0 Å². The van der Waals surface area contributed by atoms with Gasteiger partial charge in [-0.15, -0.1) is 0 Å². The number of carbonyl (C=O) groups excluding carboxylic acids is 1. The van der Waals surface area contributed by atoms with Crippen LogP contribution in [-0.4, -0.2) is 35.0 Å². The van der Waals surface area contributed by atoms with E-state index in [1.54, 1.807) is 24.3 Å². The molecule has 0 bridgehead atoms. The average Bonchev–Trinajstić information content (AvgIpc) is 2.97. The SMILES string of the molecule is O=C(NC1CCc2cc(CN3CCCCCC3)ccc2C1)c1ccc(O)cc1. The van der Waals surface area contributed by atoms with Crippen molar-refractivity contribution >= 4 is 5.91 Å². The summed E-state index contributed by atoms with van der Waals surface area (Å²) in [7, 11) is 0. The lowest BCUT2D eigenvalue weighted by Crippen LogP contribution is -2.38. The lowest BCUT2D eigenvalue weighted by atomic mass is 9.87. The van der Waals surface area contributed by atoms with Crippen LogP contribution in [0.5, 0.6) is 5.75 Å². The first kappa shape index (κ1) is 19.0. The van der Waals surface area contributed by atoms with E-state index in [0.29, 0.717) is 5.56 Å². The molecule has 4 heteroatoms. The molecule has 1 aliphatic heterocycles. The van der Waals surface area contributed by atoms with Crippen LogP contribution in [0.15, 0.2) is 42.5 Å². The number of amides is 1. The Kier molecular flexibility index (Phi) is 5.96. The van der Waals surface area contributed by atoms with Crippen molar-refractivity contribution in [2.24, 2.45) is 0 Å². The van der Waals surface area contributed by atoms with Crippen molar-refractivity contribution in [3.05, 3.63) is 64.7 Å². The Balaban J connectivity index is 1.36. The highest BCUT2D eigenvalue weighted by molar-refractivity contribution is 5.94. The highest BCUT2D eigenvalue weighted by Crippen LogP contribution is 2.24. The number of likely N-dealkylation sites (tertiary alicyclic amines) is 1. The maximum absolute atomic E-state index is 12.4. The summed E-state index contributed by atoms with van der Waals surface area (Å²) in [6.45, 7) is 3.51. The van der Waals surface area contributed by atoms with Crippen LogP contribution in [0, 0.1) is 0 Å². The van der Waals surface area contributed by atoms with E-state index in [9.17, 15) is 9.90 Å². The van der Waals surface area contributed by atoms with Gasteiger partial charge in [0, 0.05) is 18.2 Å². The second kappa shape index (κ2) is 8.78. The van der Waals surface area contributed by atoms with Gasteiger partial charge in [0.05, 0.1) is 0 Å². The quantitative estimate of drug-likeness (QED) is 0.844. The number of aryl methyl sites for hydroxylation is 1. The molecule has 2 aromatic rings. The molecule has 0 spiro atoms. The number of fused-ring (bicyclic) bond motifs is 1. The number of hydrogen-bond donors (Lipinski definition) is 2. The Labute approximate surface area is 167 Å². The van der Waals surface area contributed by atoms with E-state index in [0.717, 1.165) is 25.8 Å². The van der Waals surface area contributed by atoms with E-state index in [4.69, 9.17) is 0 Å². The maximum atomic E-state index is 12.4. The Bertz CT molecular complexity index is 808. The summed E-state index contributed by atoms with van der Waals surface area (Å²) in [6.07, 6.45) is 8.29. The fraction of sp³-hybridized carbons (Fsp3) is 0.458. The number of nitrogens with zero attached hydrogens (tertiary/aromatic N) is 1. The first-order chi connectivity index (χ1) is 13.7. The van der Waals surface area contributed by atoms with Crippen LogP contribution in [0.25, 0.3) is 0 Å². The third-order valence-corrected chi connectivity index (χ3v) is 6.07. The van der Waals surface area contributed by atoms with Crippen molar-refractivity contribution in [2.75, 3.05) is 13.1 Å². The number of aromatic hydroxyl groups is 1. The largest absolute Gasteiger partial charge is 0.508 e. The second-order valence-electron chi connectivity index (χ2n) is 8.25. The lowest BCUT2D eigenvalue weighted by molar-refractivity contribution is 0.0933. The zero-order chi connectivity index (χ0) is 19.3. The number of rotatable bonds is 4. The van der Waals surface area contributed by atoms with E-state index in [2.05, 4.69) is 28.4 Å². The summed E-state index contributed by atoms with van der Waals surface area (Å²) >= 11 is 0. The van der Waals surface area contributed by atoms with E-state index in [1.165, 1.54) is 55.5 Å². The zero-order valence-corrected chi connectivity index (χ0v) is 16.5. The van der Waals surface area contributed by atoms with Gasteiger partial charge < -0.3 is 10.4 Å². The molecule has 1 atom stereocenters. The van der Waals surface area contributed by atoms with Crippen LogP contribution >= 0.6 is 0 Å². The van der Waals surface area contributed by atoms with Gasteiger partial charge in [0.25, 0.3) is 5.91 Å². The topological polar surface area (TPSA) is 52.6 Å². The highest BCUT2D eigenvalue weighted by Gasteiger charge is 2.21. The summed E-state index contributed by atoms with van der Waals surface area (Å²) in [5.41, 5.74) is 4.83. The predicted molar refractivity (Wildman–Crippen MR) is 112 cm³/mol. The highest BCUT2D eigenvalue weighted by atomic mass is 16.3. The molecule has 2 aromatic carbocycles. The molecule has 1 fully saturated rings. The molecule has 28 heavy (non-hydrogen) atoms. The van der Waals surface area contributed by atoms with Gasteiger partial charge in [-0.1, -0.05) is 31.0 Å². The molecular weight excluding hydrogens is 348 g/mol. The van der Waals surface area contributed by atoms with Crippen LogP contribution in [-0.2, 0) is 19.4 Å². The molecule has 148 valence electrons. The molecule has 2 aliphatic rings. The van der Waals surface area contributed by atoms with Gasteiger partial charge in [0.15, 0.2) is 0 Å². The molecule has 0 saturated carbocycles. The minimum atomic E-state index is -0.0637. The minimum absolute atomic E-state index is 0.0637. The Morgan fingerprint density at radius 2 is 1.75 bits per heavy atom. The molecule has 1 unspecified atom stereocenters. The molecule has 0 aromatic heterocycles. The molecule has 0 radical (unpaired) electrons. The molecule has 1 aliphatic carbocycles. The summed E-state index contributed by atoms with van der Waals surface area (Å²) in [6, 6.07) is 13.5.